The van der Waals surface area contributed by atoms with E-state index in [1.54, 1.807) is 18.0 Å². The molecule has 1 saturated heterocycles. The Hall–Kier alpha value is -2.24. The minimum atomic E-state index is -0.230. The average Bonchev–Trinajstić information content (AvgIpc) is 3.31. The van der Waals surface area contributed by atoms with Crippen molar-refractivity contribution in [3.05, 3.63) is 59.3 Å². The number of fused-ring (bicyclic) bond motifs is 5. The lowest BCUT2D eigenvalue weighted by Gasteiger charge is -2.38. The van der Waals surface area contributed by atoms with Gasteiger partial charge >= 0.3 is 0 Å². The fraction of sp³-hybridized carbons (Fsp3) is 0.500. The summed E-state index contributed by atoms with van der Waals surface area (Å²) in [5, 5.41) is 1.46. The van der Waals surface area contributed by atoms with E-state index in [-0.39, 0.29) is 5.54 Å². The van der Waals surface area contributed by atoms with Crippen molar-refractivity contribution in [2.24, 2.45) is 0 Å². The van der Waals surface area contributed by atoms with Crippen molar-refractivity contribution in [2.75, 3.05) is 27.2 Å². The topological polar surface area (TPSA) is 37.2 Å². The number of aryl methyl sites for hydroxylation is 1. The second-order valence-corrected chi connectivity index (χ2v) is 9.17. The van der Waals surface area contributed by atoms with Gasteiger partial charge in [0.2, 0.25) is 0 Å². The second-order valence-electron chi connectivity index (χ2n) is 9.17. The number of hydrogen-bond donors (Lipinski definition) is 0. The van der Waals surface area contributed by atoms with Gasteiger partial charge < -0.3 is 4.57 Å². The van der Waals surface area contributed by atoms with Crippen molar-refractivity contribution in [3.63, 3.8) is 0 Å². The minimum Gasteiger partial charge on any atom is -0.342 e. The minimum absolute atomic E-state index is 0.230. The number of aromatic nitrogens is 3. The molecule has 0 N–H and O–H groups in total. The summed E-state index contributed by atoms with van der Waals surface area (Å²) in [5.74, 6) is 0. The summed E-state index contributed by atoms with van der Waals surface area (Å²) in [7, 11) is 4.30. The molecule has 2 atom stereocenters. The molecular weight excluding hydrogens is 358 g/mol. The standard InChI is InChI=1S/C24H31N5/c1-17-7-8-19-18(14-17)23-20-6-5-12-28(20)13-9-21(23)29(19)16-24(2,27(3)4)22-15-25-10-11-26-22/h7-8,10-11,14-15,20H,5-6,9,12-13,16H2,1-4H3. The molecule has 3 aromatic rings. The fourth-order valence-corrected chi connectivity index (χ4v) is 5.38. The normalized spacial score (nSPS) is 21.3. The van der Waals surface area contributed by atoms with Gasteiger partial charge in [-0.3, -0.25) is 19.8 Å². The van der Waals surface area contributed by atoms with Crippen LogP contribution in [0.1, 0.15) is 48.3 Å². The number of hydrogen-bond acceptors (Lipinski definition) is 4. The van der Waals surface area contributed by atoms with E-state index in [9.17, 15) is 0 Å². The third-order valence-electron chi connectivity index (χ3n) is 7.27. The summed E-state index contributed by atoms with van der Waals surface area (Å²) in [6.45, 7) is 7.80. The van der Waals surface area contributed by atoms with Crippen LogP contribution < -0.4 is 0 Å². The van der Waals surface area contributed by atoms with E-state index in [4.69, 9.17) is 0 Å². The van der Waals surface area contributed by atoms with Crippen LogP contribution in [0.15, 0.2) is 36.8 Å². The second kappa shape index (κ2) is 6.92. The Bertz CT molecular complexity index is 1040. The summed E-state index contributed by atoms with van der Waals surface area (Å²) >= 11 is 0. The summed E-state index contributed by atoms with van der Waals surface area (Å²) < 4.78 is 2.59. The molecule has 2 unspecified atom stereocenters. The largest absolute Gasteiger partial charge is 0.342 e. The van der Waals surface area contributed by atoms with Crippen LogP contribution in [0.4, 0.5) is 0 Å². The molecule has 29 heavy (non-hydrogen) atoms. The Morgan fingerprint density at radius 2 is 2.07 bits per heavy atom. The fourth-order valence-electron chi connectivity index (χ4n) is 5.38. The zero-order valence-corrected chi connectivity index (χ0v) is 18.0. The maximum atomic E-state index is 4.69. The van der Waals surface area contributed by atoms with Gasteiger partial charge in [-0.2, -0.15) is 0 Å². The molecule has 5 nitrogen and oxygen atoms in total. The van der Waals surface area contributed by atoms with Gasteiger partial charge in [-0.05, 0) is 65.0 Å². The van der Waals surface area contributed by atoms with Crippen LogP contribution in [0, 0.1) is 6.92 Å². The molecule has 2 aromatic heterocycles. The number of likely N-dealkylation sites (N-methyl/N-ethyl adjacent to an activating group) is 1. The van der Waals surface area contributed by atoms with Crippen molar-refractivity contribution < 1.29 is 0 Å². The van der Waals surface area contributed by atoms with Crippen LogP contribution in [0.25, 0.3) is 10.9 Å². The first-order valence-corrected chi connectivity index (χ1v) is 10.8. The van der Waals surface area contributed by atoms with Crippen molar-refractivity contribution in [1.29, 1.82) is 0 Å². The summed E-state index contributed by atoms with van der Waals surface area (Å²) in [5.41, 5.74) is 6.62. The van der Waals surface area contributed by atoms with Gasteiger partial charge in [0.25, 0.3) is 0 Å². The Morgan fingerprint density at radius 3 is 2.83 bits per heavy atom. The van der Waals surface area contributed by atoms with Crippen LogP contribution >= 0.6 is 0 Å². The molecule has 1 aromatic carbocycles. The van der Waals surface area contributed by atoms with Crippen molar-refractivity contribution in [2.45, 2.75) is 51.2 Å². The Balaban J connectivity index is 1.69. The zero-order chi connectivity index (χ0) is 20.2. The highest BCUT2D eigenvalue weighted by molar-refractivity contribution is 5.87. The third kappa shape index (κ3) is 2.90. The number of rotatable bonds is 4. The molecule has 0 saturated carbocycles. The molecule has 152 valence electrons. The molecule has 0 bridgehead atoms. The SMILES string of the molecule is Cc1ccc2c(c1)c1c(n2CC(C)(c2cnccn2)N(C)C)CCN2CCCC12. The van der Waals surface area contributed by atoms with E-state index in [2.05, 4.69) is 70.5 Å². The Kier molecular flexibility index (Phi) is 4.48. The summed E-state index contributed by atoms with van der Waals surface area (Å²) in [6, 6.07) is 7.58. The quantitative estimate of drug-likeness (QED) is 0.678. The van der Waals surface area contributed by atoms with E-state index in [1.807, 2.05) is 6.20 Å². The zero-order valence-electron chi connectivity index (χ0n) is 18.0. The monoisotopic (exact) mass is 389 g/mol. The highest BCUT2D eigenvalue weighted by Gasteiger charge is 2.38. The lowest BCUT2D eigenvalue weighted by molar-refractivity contribution is 0.141. The lowest BCUT2D eigenvalue weighted by atomic mass is 9.94. The third-order valence-corrected chi connectivity index (χ3v) is 7.27. The highest BCUT2D eigenvalue weighted by Crippen LogP contribution is 2.44. The van der Waals surface area contributed by atoms with Gasteiger partial charge in [0, 0.05) is 54.5 Å². The van der Waals surface area contributed by atoms with Gasteiger partial charge in [0.15, 0.2) is 0 Å². The van der Waals surface area contributed by atoms with E-state index in [1.165, 1.54) is 48.1 Å². The predicted octanol–water partition coefficient (Wildman–Crippen LogP) is 3.91. The molecule has 4 heterocycles. The maximum absolute atomic E-state index is 4.69. The molecule has 5 heteroatoms. The van der Waals surface area contributed by atoms with Gasteiger partial charge in [-0.1, -0.05) is 11.6 Å². The van der Waals surface area contributed by atoms with Crippen molar-refractivity contribution in [3.8, 4) is 0 Å². The average molecular weight is 390 g/mol. The van der Waals surface area contributed by atoms with Gasteiger partial charge in [0.05, 0.1) is 17.4 Å². The molecule has 5 rings (SSSR count). The van der Waals surface area contributed by atoms with Crippen molar-refractivity contribution in [1.82, 2.24) is 24.3 Å². The van der Waals surface area contributed by atoms with Crippen LogP contribution in [0.5, 0.6) is 0 Å². The first-order valence-electron chi connectivity index (χ1n) is 10.8. The molecule has 0 radical (unpaired) electrons. The molecule has 2 aliphatic rings. The van der Waals surface area contributed by atoms with Gasteiger partial charge in [0.1, 0.15) is 0 Å². The summed E-state index contributed by atoms with van der Waals surface area (Å²) in [6.07, 6.45) is 9.21. The smallest absolute Gasteiger partial charge is 0.0804 e. The summed E-state index contributed by atoms with van der Waals surface area (Å²) in [4.78, 5) is 14.0. The lowest BCUT2D eigenvalue weighted by Crippen LogP contribution is -2.43. The van der Waals surface area contributed by atoms with Gasteiger partial charge in [-0.25, -0.2) is 0 Å². The predicted molar refractivity (Wildman–Crippen MR) is 117 cm³/mol. The van der Waals surface area contributed by atoms with Crippen LogP contribution in [0.3, 0.4) is 0 Å². The molecule has 0 aliphatic carbocycles. The molecule has 1 fully saturated rings. The Morgan fingerprint density at radius 1 is 1.21 bits per heavy atom. The van der Waals surface area contributed by atoms with E-state index in [0.717, 1.165) is 18.7 Å². The first kappa shape index (κ1) is 18.8. The number of nitrogens with zero attached hydrogens (tertiary/aromatic N) is 5. The van der Waals surface area contributed by atoms with E-state index < -0.39 is 0 Å². The maximum Gasteiger partial charge on any atom is 0.0804 e. The molecule has 0 amide bonds. The van der Waals surface area contributed by atoms with Crippen molar-refractivity contribution >= 4 is 10.9 Å². The van der Waals surface area contributed by atoms with E-state index in [0.29, 0.717) is 6.04 Å². The first-order chi connectivity index (χ1) is 14.0. The molecule has 2 aliphatic heterocycles. The van der Waals surface area contributed by atoms with E-state index >= 15 is 0 Å². The number of benzene rings is 1. The van der Waals surface area contributed by atoms with Crippen LogP contribution in [0.2, 0.25) is 0 Å². The highest BCUT2D eigenvalue weighted by atomic mass is 15.2. The van der Waals surface area contributed by atoms with Crippen LogP contribution in [-0.4, -0.2) is 51.5 Å². The molecular formula is C24H31N5. The Labute approximate surface area is 173 Å². The van der Waals surface area contributed by atoms with Gasteiger partial charge in [-0.15, -0.1) is 0 Å². The van der Waals surface area contributed by atoms with Crippen LogP contribution in [-0.2, 0) is 18.5 Å². The molecule has 0 spiro atoms.